The second-order valence-corrected chi connectivity index (χ2v) is 5.37. The van der Waals surface area contributed by atoms with Gasteiger partial charge in [-0.2, -0.15) is 0 Å². The molecular weight excluding hydrogens is 240 g/mol. The van der Waals surface area contributed by atoms with Gasteiger partial charge in [0.2, 0.25) is 5.91 Å². The van der Waals surface area contributed by atoms with Gasteiger partial charge in [-0.25, -0.2) is 0 Å². The van der Waals surface area contributed by atoms with E-state index in [1.807, 2.05) is 6.92 Å². The summed E-state index contributed by atoms with van der Waals surface area (Å²) in [4.78, 5) is 19.8. The zero-order chi connectivity index (χ0) is 13.8. The molecule has 5 nitrogen and oxygen atoms in total. The largest absolute Gasteiger partial charge is 0.369 e. The summed E-state index contributed by atoms with van der Waals surface area (Å²) in [6.45, 7) is 4.09. The topological polar surface area (TPSA) is 80.9 Å². The van der Waals surface area contributed by atoms with E-state index in [1.54, 1.807) is 12.4 Å². The average molecular weight is 262 g/mol. The third-order valence-electron chi connectivity index (χ3n) is 3.94. The van der Waals surface area contributed by atoms with Crippen molar-refractivity contribution >= 4 is 5.91 Å². The fourth-order valence-electron chi connectivity index (χ4n) is 2.82. The normalized spacial score (nSPS) is 24.9. The van der Waals surface area contributed by atoms with Crippen LogP contribution in [0.2, 0.25) is 0 Å². The van der Waals surface area contributed by atoms with Crippen molar-refractivity contribution in [1.82, 2.24) is 15.3 Å². The van der Waals surface area contributed by atoms with Crippen LogP contribution in [0.4, 0.5) is 0 Å². The van der Waals surface area contributed by atoms with Crippen molar-refractivity contribution in [2.75, 3.05) is 0 Å². The Labute approximate surface area is 114 Å². The van der Waals surface area contributed by atoms with E-state index in [-0.39, 0.29) is 17.9 Å². The molecule has 1 unspecified atom stereocenters. The van der Waals surface area contributed by atoms with Crippen LogP contribution in [-0.2, 0) is 4.79 Å². The van der Waals surface area contributed by atoms with Gasteiger partial charge in [-0.3, -0.25) is 14.8 Å². The quantitative estimate of drug-likeness (QED) is 0.861. The summed E-state index contributed by atoms with van der Waals surface area (Å²) in [6, 6.07) is 0.621. The second-order valence-electron chi connectivity index (χ2n) is 5.37. The van der Waals surface area contributed by atoms with Gasteiger partial charge in [-0.15, -0.1) is 0 Å². The minimum absolute atomic E-state index is 0.0617. The number of aryl methyl sites for hydroxylation is 1. The summed E-state index contributed by atoms with van der Waals surface area (Å²) in [5.41, 5.74) is 7.31. The molecule has 1 aliphatic carbocycles. The Hall–Kier alpha value is -1.49. The number of carbonyl (C=O) groups is 1. The first-order valence-corrected chi connectivity index (χ1v) is 6.90. The molecule has 5 heteroatoms. The van der Waals surface area contributed by atoms with Crippen LogP contribution in [0.25, 0.3) is 0 Å². The molecule has 1 fully saturated rings. The van der Waals surface area contributed by atoms with Gasteiger partial charge in [0.15, 0.2) is 0 Å². The van der Waals surface area contributed by atoms with E-state index in [1.165, 1.54) is 0 Å². The number of carbonyl (C=O) groups excluding carboxylic acids is 1. The van der Waals surface area contributed by atoms with E-state index in [0.29, 0.717) is 6.04 Å². The number of primary amides is 1. The summed E-state index contributed by atoms with van der Waals surface area (Å²) in [5, 5.41) is 3.58. The Kier molecular flexibility index (Phi) is 4.47. The number of amides is 1. The fourth-order valence-corrected chi connectivity index (χ4v) is 2.82. The molecule has 0 aliphatic heterocycles. The zero-order valence-electron chi connectivity index (χ0n) is 11.6. The standard InChI is InChI=1S/C14H22N4O/c1-9-13(17-8-7-16-9)10(2)18-12-5-3-11(4-6-12)14(15)19/h7-8,10-12,18H,3-6H2,1-2H3,(H2,15,19). The third-order valence-corrected chi connectivity index (χ3v) is 3.94. The van der Waals surface area contributed by atoms with Crippen LogP contribution < -0.4 is 11.1 Å². The number of hydrogen-bond donors (Lipinski definition) is 2. The fraction of sp³-hybridized carbons (Fsp3) is 0.643. The van der Waals surface area contributed by atoms with Crippen LogP contribution in [0.1, 0.15) is 50.0 Å². The second kappa shape index (κ2) is 6.10. The van der Waals surface area contributed by atoms with Crippen molar-refractivity contribution in [2.24, 2.45) is 11.7 Å². The van der Waals surface area contributed by atoms with Crippen molar-refractivity contribution in [2.45, 2.75) is 51.6 Å². The highest BCUT2D eigenvalue weighted by molar-refractivity contribution is 5.76. The lowest BCUT2D eigenvalue weighted by molar-refractivity contribution is -0.122. The summed E-state index contributed by atoms with van der Waals surface area (Å²) < 4.78 is 0. The van der Waals surface area contributed by atoms with Gasteiger partial charge in [0.25, 0.3) is 0 Å². The lowest BCUT2D eigenvalue weighted by atomic mass is 9.85. The van der Waals surface area contributed by atoms with E-state index in [0.717, 1.165) is 37.1 Å². The van der Waals surface area contributed by atoms with E-state index in [4.69, 9.17) is 5.73 Å². The molecule has 0 saturated heterocycles. The summed E-state index contributed by atoms with van der Waals surface area (Å²) in [5.74, 6) is -0.0946. The first-order valence-electron chi connectivity index (χ1n) is 6.90. The Bertz CT molecular complexity index is 441. The maximum Gasteiger partial charge on any atom is 0.220 e. The first kappa shape index (κ1) is 13.9. The highest BCUT2D eigenvalue weighted by atomic mass is 16.1. The number of nitrogens with two attached hydrogens (primary N) is 1. The summed E-state index contributed by atoms with van der Waals surface area (Å²) in [6.07, 6.45) is 7.21. The molecule has 19 heavy (non-hydrogen) atoms. The van der Waals surface area contributed by atoms with Crippen molar-refractivity contribution < 1.29 is 4.79 Å². The molecule has 0 radical (unpaired) electrons. The van der Waals surface area contributed by atoms with Gasteiger partial charge >= 0.3 is 0 Å². The van der Waals surface area contributed by atoms with Crippen LogP contribution in [0.15, 0.2) is 12.4 Å². The lowest BCUT2D eigenvalue weighted by Crippen LogP contribution is -2.38. The Balaban J connectivity index is 1.89. The van der Waals surface area contributed by atoms with Gasteiger partial charge in [-0.1, -0.05) is 0 Å². The SMILES string of the molecule is Cc1nccnc1C(C)NC1CCC(C(N)=O)CC1. The molecule has 1 aliphatic rings. The molecule has 3 N–H and O–H groups in total. The molecular formula is C14H22N4O. The molecule has 2 rings (SSSR count). The van der Waals surface area contributed by atoms with Crippen LogP contribution in [0.3, 0.4) is 0 Å². The van der Waals surface area contributed by atoms with Crippen molar-refractivity contribution in [3.8, 4) is 0 Å². The van der Waals surface area contributed by atoms with Crippen LogP contribution >= 0.6 is 0 Å². The van der Waals surface area contributed by atoms with Gasteiger partial charge in [0.05, 0.1) is 11.4 Å². The lowest BCUT2D eigenvalue weighted by Gasteiger charge is -2.30. The molecule has 1 atom stereocenters. The Morgan fingerprint density at radius 1 is 1.32 bits per heavy atom. The predicted octanol–water partition coefficient (Wildman–Crippen LogP) is 1.48. The maximum atomic E-state index is 11.1. The van der Waals surface area contributed by atoms with Gasteiger partial charge < -0.3 is 11.1 Å². The van der Waals surface area contributed by atoms with E-state index in [9.17, 15) is 4.79 Å². The van der Waals surface area contributed by atoms with Crippen LogP contribution in [0.5, 0.6) is 0 Å². The minimum atomic E-state index is -0.156. The molecule has 1 aromatic rings. The third kappa shape index (κ3) is 3.50. The maximum absolute atomic E-state index is 11.1. The number of hydrogen-bond acceptors (Lipinski definition) is 4. The van der Waals surface area contributed by atoms with Gasteiger partial charge in [0.1, 0.15) is 0 Å². The van der Waals surface area contributed by atoms with Gasteiger partial charge in [-0.05, 0) is 39.5 Å². The number of nitrogens with zero attached hydrogens (tertiary/aromatic N) is 2. The smallest absolute Gasteiger partial charge is 0.220 e. The monoisotopic (exact) mass is 262 g/mol. The van der Waals surface area contributed by atoms with Crippen molar-refractivity contribution in [3.63, 3.8) is 0 Å². The molecule has 1 aromatic heterocycles. The number of rotatable bonds is 4. The van der Waals surface area contributed by atoms with Crippen LogP contribution in [-0.4, -0.2) is 21.9 Å². The first-order chi connectivity index (χ1) is 9.08. The summed E-state index contributed by atoms with van der Waals surface area (Å²) >= 11 is 0. The van der Waals surface area contributed by atoms with Crippen molar-refractivity contribution in [3.05, 3.63) is 23.8 Å². The molecule has 104 valence electrons. The summed E-state index contributed by atoms with van der Waals surface area (Å²) in [7, 11) is 0. The van der Waals surface area contributed by atoms with Gasteiger partial charge in [0, 0.05) is 30.4 Å². The van der Waals surface area contributed by atoms with Crippen molar-refractivity contribution in [1.29, 1.82) is 0 Å². The molecule has 1 saturated carbocycles. The Morgan fingerprint density at radius 2 is 1.95 bits per heavy atom. The highest BCUT2D eigenvalue weighted by Gasteiger charge is 2.26. The predicted molar refractivity (Wildman–Crippen MR) is 73.3 cm³/mol. The molecule has 1 heterocycles. The molecule has 0 bridgehead atoms. The molecule has 0 aromatic carbocycles. The zero-order valence-corrected chi connectivity index (χ0v) is 11.6. The van der Waals surface area contributed by atoms with Crippen LogP contribution in [0, 0.1) is 12.8 Å². The molecule has 0 spiro atoms. The number of aromatic nitrogens is 2. The average Bonchev–Trinajstić information content (AvgIpc) is 2.39. The molecule has 1 amide bonds. The number of nitrogens with one attached hydrogen (secondary N) is 1. The van der Waals surface area contributed by atoms with E-state index < -0.39 is 0 Å². The minimum Gasteiger partial charge on any atom is -0.369 e. The Morgan fingerprint density at radius 3 is 2.53 bits per heavy atom. The van der Waals surface area contributed by atoms with E-state index in [2.05, 4.69) is 22.2 Å². The van der Waals surface area contributed by atoms with E-state index >= 15 is 0 Å². The highest BCUT2D eigenvalue weighted by Crippen LogP contribution is 2.25.